The molecule has 1 aromatic carbocycles. The van der Waals surface area contributed by atoms with Gasteiger partial charge in [0.15, 0.2) is 0 Å². The third kappa shape index (κ3) is 2.34. The smallest absolute Gasteiger partial charge is 0.244 e. The molecule has 1 aromatic rings. The number of benzene rings is 1. The molecule has 1 aliphatic heterocycles. The Balaban J connectivity index is 2.26. The van der Waals surface area contributed by atoms with E-state index in [4.69, 9.17) is 4.74 Å². The molecule has 0 aliphatic carbocycles. The summed E-state index contributed by atoms with van der Waals surface area (Å²) in [5.74, 6) is 0.939. The molecule has 1 amide bonds. The van der Waals surface area contributed by atoms with Crippen molar-refractivity contribution in [3.05, 3.63) is 29.3 Å². The lowest BCUT2D eigenvalue weighted by molar-refractivity contribution is -0.129. The van der Waals surface area contributed by atoms with Crippen molar-refractivity contribution in [1.29, 1.82) is 0 Å². The first-order chi connectivity index (χ1) is 8.41. The quantitative estimate of drug-likeness (QED) is 0.824. The normalized spacial score (nSPS) is 14.3. The van der Waals surface area contributed by atoms with E-state index in [1.165, 1.54) is 5.56 Å². The van der Waals surface area contributed by atoms with Crippen LogP contribution in [0.5, 0.6) is 5.75 Å². The number of rotatable bonds is 3. The van der Waals surface area contributed by atoms with Crippen LogP contribution in [0.2, 0.25) is 0 Å². The van der Waals surface area contributed by atoms with Gasteiger partial charge < -0.3 is 4.74 Å². The topological polar surface area (TPSA) is 41.6 Å². The zero-order valence-electron chi connectivity index (χ0n) is 11.4. The second-order valence-corrected chi connectivity index (χ2v) is 5.38. The van der Waals surface area contributed by atoms with Gasteiger partial charge in [0.2, 0.25) is 5.91 Å². The third-order valence-electron chi connectivity index (χ3n) is 3.30. The van der Waals surface area contributed by atoms with Gasteiger partial charge in [0.1, 0.15) is 5.75 Å². The molecule has 1 aliphatic rings. The molecule has 4 nitrogen and oxygen atoms in total. The number of hydrogen-bond acceptors (Lipinski definition) is 3. The average Bonchev–Trinajstić information content (AvgIpc) is 2.74. The molecule has 18 heavy (non-hydrogen) atoms. The molecule has 0 saturated heterocycles. The van der Waals surface area contributed by atoms with Gasteiger partial charge in [-0.1, -0.05) is 12.1 Å². The van der Waals surface area contributed by atoms with E-state index < -0.39 is 5.41 Å². The zero-order chi connectivity index (χ0) is 13.3. The fraction of sp³-hybridized carbons (Fsp3) is 0.500. The monoisotopic (exact) mass is 248 g/mol. The first-order valence-corrected chi connectivity index (χ1v) is 6.16. The highest BCUT2D eigenvalue weighted by atomic mass is 16.5. The van der Waals surface area contributed by atoms with E-state index in [0.717, 1.165) is 24.3 Å². The zero-order valence-corrected chi connectivity index (χ0v) is 11.4. The summed E-state index contributed by atoms with van der Waals surface area (Å²) in [6.45, 7) is 4.61. The first kappa shape index (κ1) is 12.9. The third-order valence-corrected chi connectivity index (χ3v) is 3.30. The van der Waals surface area contributed by atoms with E-state index in [1.807, 2.05) is 40.1 Å². The summed E-state index contributed by atoms with van der Waals surface area (Å²) in [6, 6.07) is 6.01. The highest BCUT2D eigenvalue weighted by Gasteiger charge is 2.31. The van der Waals surface area contributed by atoms with E-state index in [1.54, 1.807) is 5.01 Å². The molecule has 0 saturated carbocycles. The average molecular weight is 248 g/mol. The summed E-state index contributed by atoms with van der Waals surface area (Å²) in [5.41, 5.74) is 4.47. The van der Waals surface area contributed by atoms with Gasteiger partial charge >= 0.3 is 0 Å². The van der Waals surface area contributed by atoms with Gasteiger partial charge in [0, 0.05) is 20.5 Å². The summed E-state index contributed by atoms with van der Waals surface area (Å²) in [6.07, 6.45) is 0.925. The Hall–Kier alpha value is -1.55. The van der Waals surface area contributed by atoms with Crippen LogP contribution in [0.15, 0.2) is 18.2 Å². The van der Waals surface area contributed by atoms with Crippen LogP contribution in [0.4, 0.5) is 0 Å². The maximum atomic E-state index is 12.2. The highest BCUT2D eigenvalue weighted by Crippen LogP contribution is 2.31. The lowest BCUT2D eigenvalue weighted by atomic mass is 9.83. The van der Waals surface area contributed by atoms with Crippen molar-refractivity contribution in [3.63, 3.8) is 0 Å². The molecular weight excluding hydrogens is 228 g/mol. The van der Waals surface area contributed by atoms with Crippen molar-refractivity contribution < 1.29 is 9.53 Å². The molecule has 0 aromatic heterocycles. The Morgan fingerprint density at radius 2 is 2.11 bits per heavy atom. The molecule has 0 atom stereocenters. The minimum absolute atomic E-state index is 0.00800. The summed E-state index contributed by atoms with van der Waals surface area (Å²) >= 11 is 0. The Labute approximate surface area is 108 Å². The number of carbonyl (C=O) groups is 1. The molecule has 2 rings (SSSR count). The summed E-state index contributed by atoms with van der Waals surface area (Å²) < 4.78 is 5.48. The second-order valence-electron chi connectivity index (χ2n) is 5.38. The van der Waals surface area contributed by atoms with Crippen molar-refractivity contribution in [2.24, 2.45) is 0 Å². The van der Waals surface area contributed by atoms with Crippen LogP contribution in [0, 0.1) is 0 Å². The fourth-order valence-corrected chi connectivity index (χ4v) is 2.05. The van der Waals surface area contributed by atoms with E-state index in [0.29, 0.717) is 0 Å². The Morgan fingerprint density at radius 1 is 1.39 bits per heavy atom. The minimum atomic E-state index is -0.554. The number of nitrogens with one attached hydrogen (secondary N) is 1. The molecule has 0 fully saturated rings. The molecule has 0 spiro atoms. The maximum Gasteiger partial charge on any atom is 0.244 e. The van der Waals surface area contributed by atoms with Gasteiger partial charge in [-0.3, -0.25) is 10.2 Å². The highest BCUT2D eigenvalue weighted by molar-refractivity contribution is 5.87. The Bertz CT molecular complexity index is 467. The second kappa shape index (κ2) is 4.61. The van der Waals surface area contributed by atoms with Gasteiger partial charge in [0.05, 0.1) is 12.0 Å². The van der Waals surface area contributed by atoms with Gasteiger partial charge in [-0.2, -0.15) is 0 Å². The number of fused-ring (bicyclic) bond motifs is 1. The van der Waals surface area contributed by atoms with Crippen LogP contribution >= 0.6 is 0 Å². The van der Waals surface area contributed by atoms with E-state index in [2.05, 4.69) is 11.5 Å². The Kier molecular flexibility index (Phi) is 3.30. The van der Waals surface area contributed by atoms with Crippen molar-refractivity contribution >= 4 is 5.91 Å². The van der Waals surface area contributed by atoms with Gasteiger partial charge in [-0.25, -0.2) is 5.01 Å². The van der Waals surface area contributed by atoms with Gasteiger partial charge in [-0.15, -0.1) is 0 Å². The number of hydrogen-bond donors (Lipinski definition) is 1. The molecular formula is C14H20N2O2. The molecule has 4 heteroatoms. The summed E-state index contributed by atoms with van der Waals surface area (Å²) in [7, 11) is 3.62. The number of amides is 1. The van der Waals surface area contributed by atoms with E-state index >= 15 is 0 Å². The first-order valence-electron chi connectivity index (χ1n) is 6.16. The molecule has 1 N–H and O–H groups in total. The van der Waals surface area contributed by atoms with E-state index in [9.17, 15) is 4.79 Å². The van der Waals surface area contributed by atoms with Crippen LogP contribution < -0.4 is 10.2 Å². The summed E-state index contributed by atoms with van der Waals surface area (Å²) in [5, 5.41) is 1.67. The predicted molar refractivity (Wildman–Crippen MR) is 70.5 cm³/mol. The number of nitrogens with zero attached hydrogens (tertiary/aromatic N) is 1. The molecule has 1 heterocycles. The Morgan fingerprint density at radius 3 is 2.78 bits per heavy atom. The minimum Gasteiger partial charge on any atom is -0.493 e. The van der Waals surface area contributed by atoms with Gasteiger partial charge in [0.25, 0.3) is 0 Å². The van der Waals surface area contributed by atoms with Crippen LogP contribution in [0.25, 0.3) is 0 Å². The predicted octanol–water partition coefficient (Wildman–Crippen LogP) is 1.49. The fourth-order valence-electron chi connectivity index (χ4n) is 2.05. The molecule has 0 radical (unpaired) electrons. The molecule has 0 bridgehead atoms. The SMILES string of the molecule is CN(C)NC(=O)C(C)(C)c1ccc2c(c1)CCO2. The standard InChI is InChI=1S/C14H20N2O2/c1-14(2,13(17)15-16(3)4)11-5-6-12-10(9-11)7-8-18-12/h5-6,9H,7-8H2,1-4H3,(H,15,17). The molecule has 98 valence electrons. The maximum absolute atomic E-state index is 12.2. The van der Waals surface area contributed by atoms with E-state index in [-0.39, 0.29) is 5.91 Å². The van der Waals surface area contributed by atoms with Crippen LogP contribution in [0.1, 0.15) is 25.0 Å². The largest absolute Gasteiger partial charge is 0.493 e. The lowest BCUT2D eigenvalue weighted by Crippen LogP contribution is -2.46. The van der Waals surface area contributed by atoms with Crippen LogP contribution in [-0.4, -0.2) is 31.6 Å². The number of hydrazine groups is 1. The number of ether oxygens (including phenoxy) is 1. The van der Waals surface area contributed by atoms with Crippen molar-refractivity contribution in [3.8, 4) is 5.75 Å². The van der Waals surface area contributed by atoms with Crippen molar-refractivity contribution in [2.45, 2.75) is 25.7 Å². The van der Waals surface area contributed by atoms with Crippen LogP contribution in [0.3, 0.4) is 0 Å². The number of carbonyl (C=O) groups excluding carboxylic acids is 1. The lowest BCUT2D eigenvalue weighted by Gasteiger charge is -2.26. The van der Waals surface area contributed by atoms with Crippen LogP contribution in [-0.2, 0) is 16.6 Å². The van der Waals surface area contributed by atoms with Crippen molar-refractivity contribution in [2.75, 3.05) is 20.7 Å². The van der Waals surface area contributed by atoms with Gasteiger partial charge in [-0.05, 0) is 31.0 Å². The molecule has 0 unspecified atom stereocenters. The summed E-state index contributed by atoms with van der Waals surface area (Å²) in [4.78, 5) is 12.2. The van der Waals surface area contributed by atoms with Crippen molar-refractivity contribution in [1.82, 2.24) is 10.4 Å².